The molecule has 2 aromatic carbocycles. The van der Waals surface area contributed by atoms with Gasteiger partial charge in [-0.3, -0.25) is 4.79 Å². The van der Waals surface area contributed by atoms with E-state index in [2.05, 4.69) is 30.8 Å². The summed E-state index contributed by atoms with van der Waals surface area (Å²) >= 11 is 0. The summed E-state index contributed by atoms with van der Waals surface area (Å²) in [6, 6.07) is 14.4. The number of rotatable bonds is 2. The van der Waals surface area contributed by atoms with Crippen molar-refractivity contribution in [3.05, 3.63) is 72.0 Å². The highest BCUT2D eigenvalue weighted by Crippen LogP contribution is 2.57. The molecule has 2 aliphatic rings. The van der Waals surface area contributed by atoms with Gasteiger partial charge in [0.15, 0.2) is 0 Å². The van der Waals surface area contributed by atoms with Crippen molar-refractivity contribution in [3.8, 4) is 0 Å². The number of carbonyl (C=O) groups excluding carboxylic acids is 1. The first-order valence-corrected chi connectivity index (χ1v) is 8.31. The van der Waals surface area contributed by atoms with E-state index in [9.17, 15) is 4.79 Å². The van der Waals surface area contributed by atoms with Crippen LogP contribution in [0.15, 0.2) is 66.5 Å². The van der Waals surface area contributed by atoms with Crippen molar-refractivity contribution in [3.63, 3.8) is 0 Å². The fourth-order valence-corrected chi connectivity index (χ4v) is 4.03. The van der Waals surface area contributed by atoms with Crippen LogP contribution in [0, 0.1) is 5.41 Å². The zero-order chi connectivity index (χ0) is 16.7. The third-order valence-corrected chi connectivity index (χ3v) is 5.26. The maximum Gasteiger partial charge on any atom is 0.323 e. The molecule has 0 spiro atoms. The number of carbonyl (C=O) groups is 1. The van der Waals surface area contributed by atoms with Crippen molar-refractivity contribution in [1.29, 1.82) is 0 Å². The highest BCUT2D eigenvalue weighted by atomic mass is 16.5. The molecular formula is C21H20O3. The van der Waals surface area contributed by atoms with Gasteiger partial charge in [-0.1, -0.05) is 49.0 Å². The second-order valence-corrected chi connectivity index (χ2v) is 6.45. The number of fused-ring (bicyclic) bond motifs is 2. The molecule has 0 N–H and O–H groups in total. The molecule has 0 aromatic heterocycles. The lowest BCUT2D eigenvalue weighted by Gasteiger charge is -2.29. The second kappa shape index (κ2) is 5.52. The molecule has 1 aliphatic carbocycles. The average molecular weight is 320 g/mol. The van der Waals surface area contributed by atoms with E-state index in [0.29, 0.717) is 12.2 Å². The Kier molecular flexibility index (Phi) is 3.45. The average Bonchev–Trinajstić information content (AvgIpc) is 2.94. The van der Waals surface area contributed by atoms with Gasteiger partial charge in [-0.15, -0.1) is 0 Å². The molecule has 122 valence electrons. The summed E-state index contributed by atoms with van der Waals surface area (Å²) in [5, 5.41) is 2.28. The van der Waals surface area contributed by atoms with E-state index in [4.69, 9.17) is 9.47 Å². The van der Waals surface area contributed by atoms with Gasteiger partial charge in [0.1, 0.15) is 17.3 Å². The summed E-state index contributed by atoms with van der Waals surface area (Å²) in [5.74, 6) is 0.449. The first-order chi connectivity index (χ1) is 11.7. The van der Waals surface area contributed by atoms with Crippen molar-refractivity contribution < 1.29 is 14.3 Å². The smallest absolute Gasteiger partial charge is 0.323 e. The van der Waals surface area contributed by atoms with Crippen LogP contribution in [0.2, 0.25) is 0 Å². The number of esters is 1. The Labute approximate surface area is 141 Å². The molecule has 3 heteroatoms. The number of allylic oxidation sites excluding steroid dienone is 1. The van der Waals surface area contributed by atoms with Crippen LogP contribution < -0.4 is 0 Å². The third-order valence-electron chi connectivity index (χ3n) is 5.26. The predicted octanol–water partition coefficient (Wildman–Crippen LogP) is 4.69. The molecule has 1 fully saturated rings. The van der Waals surface area contributed by atoms with Gasteiger partial charge in [-0.2, -0.15) is 0 Å². The number of ether oxygens (including phenoxy) is 2. The summed E-state index contributed by atoms with van der Waals surface area (Å²) < 4.78 is 11.4. The normalized spacial score (nSPS) is 25.8. The summed E-state index contributed by atoms with van der Waals surface area (Å²) in [5.41, 5.74) is 1.02. The van der Waals surface area contributed by atoms with Crippen LogP contribution >= 0.6 is 0 Å². The van der Waals surface area contributed by atoms with Crippen molar-refractivity contribution in [1.82, 2.24) is 0 Å². The lowest BCUT2D eigenvalue weighted by atomic mass is 9.71. The van der Waals surface area contributed by atoms with Gasteiger partial charge in [-0.25, -0.2) is 0 Å². The Morgan fingerprint density at radius 1 is 1.25 bits per heavy atom. The molecule has 3 nitrogen and oxygen atoms in total. The molecule has 0 amide bonds. The topological polar surface area (TPSA) is 35.5 Å². The summed E-state index contributed by atoms with van der Waals surface area (Å²) in [7, 11) is 1.43. The van der Waals surface area contributed by atoms with E-state index in [1.165, 1.54) is 7.11 Å². The van der Waals surface area contributed by atoms with Gasteiger partial charge in [-0.05, 0) is 41.7 Å². The number of methoxy groups -OCH3 is 1. The largest absolute Gasteiger partial charge is 0.484 e. The summed E-state index contributed by atoms with van der Waals surface area (Å²) in [6.07, 6.45) is 4.26. The molecule has 2 aromatic rings. The predicted molar refractivity (Wildman–Crippen MR) is 93.3 cm³/mol. The number of benzene rings is 2. The van der Waals surface area contributed by atoms with Gasteiger partial charge in [0.2, 0.25) is 0 Å². The van der Waals surface area contributed by atoms with Crippen LogP contribution in [0.5, 0.6) is 0 Å². The SMILES string of the molecule is C=C1[C@@H](c2cccc3ccccc23)OC2=CCCC[C@@]12C(=O)OC. The lowest BCUT2D eigenvalue weighted by molar-refractivity contribution is -0.149. The summed E-state index contributed by atoms with van der Waals surface area (Å²) in [6.45, 7) is 4.28. The maximum absolute atomic E-state index is 12.6. The van der Waals surface area contributed by atoms with Gasteiger partial charge in [0, 0.05) is 5.56 Å². The molecule has 1 aliphatic heterocycles. The zero-order valence-corrected chi connectivity index (χ0v) is 13.7. The first kappa shape index (κ1) is 15.0. The monoisotopic (exact) mass is 320 g/mol. The lowest BCUT2D eigenvalue weighted by Crippen LogP contribution is -2.34. The molecule has 1 saturated heterocycles. The molecule has 0 bridgehead atoms. The Bertz CT molecular complexity index is 859. The van der Waals surface area contributed by atoms with Crippen LogP contribution in [0.1, 0.15) is 30.9 Å². The van der Waals surface area contributed by atoms with Crippen molar-refractivity contribution >= 4 is 16.7 Å². The van der Waals surface area contributed by atoms with E-state index >= 15 is 0 Å². The molecule has 0 radical (unpaired) electrons. The first-order valence-electron chi connectivity index (χ1n) is 8.31. The van der Waals surface area contributed by atoms with Crippen molar-refractivity contribution in [2.45, 2.75) is 25.4 Å². The Morgan fingerprint density at radius 3 is 2.88 bits per heavy atom. The summed E-state index contributed by atoms with van der Waals surface area (Å²) in [4.78, 5) is 12.6. The maximum atomic E-state index is 12.6. The van der Waals surface area contributed by atoms with Crippen LogP contribution in [0.3, 0.4) is 0 Å². The number of hydrogen-bond donors (Lipinski definition) is 0. The van der Waals surface area contributed by atoms with Crippen LogP contribution in [-0.4, -0.2) is 13.1 Å². The van der Waals surface area contributed by atoms with Crippen LogP contribution in [0.25, 0.3) is 10.8 Å². The van der Waals surface area contributed by atoms with Gasteiger partial charge >= 0.3 is 5.97 Å². The minimum Gasteiger partial charge on any atom is -0.484 e. The van der Waals surface area contributed by atoms with E-state index in [1.807, 2.05) is 24.3 Å². The van der Waals surface area contributed by atoms with E-state index in [-0.39, 0.29) is 12.1 Å². The Morgan fingerprint density at radius 2 is 2.04 bits per heavy atom. The zero-order valence-electron chi connectivity index (χ0n) is 13.7. The highest BCUT2D eigenvalue weighted by molar-refractivity contribution is 5.89. The van der Waals surface area contributed by atoms with E-state index in [1.54, 1.807) is 0 Å². The van der Waals surface area contributed by atoms with Gasteiger partial charge in [0.25, 0.3) is 0 Å². The highest BCUT2D eigenvalue weighted by Gasteiger charge is 2.56. The molecule has 2 atom stereocenters. The molecule has 1 heterocycles. The molecule has 24 heavy (non-hydrogen) atoms. The Hall–Kier alpha value is -2.55. The molecular weight excluding hydrogens is 300 g/mol. The molecule has 0 unspecified atom stereocenters. The van der Waals surface area contributed by atoms with Gasteiger partial charge < -0.3 is 9.47 Å². The quantitative estimate of drug-likeness (QED) is 0.594. The molecule has 0 saturated carbocycles. The second-order valence-electron chi connectivity index (χ2n) is 6.45. The number of hydrogen-bond acceptors (Lipinski definition) is 3. The van der Waals surface area contributed by atoms with Crippen molar-refractivity contribution in [2.24, 2.45) is 5.41 Å². The van der Waals surface area contributed by atoms with Crippen LogP contribution in [0.4, 0.5) is 0 Å². The minimum atomic E-state index is -0.825. The van der Waals surface area contributed by atoms with Gasteiger partial charge in [0.05, 0.1) is 7.11 Å². The standard InChI is InChI=1S/C21H20O3/c1-14-19(17-11-7-9-15-8-3-4-10-16(15)17)24-18-12-5-6-13-21(14,18)20(22)23-2/h3-4,7-12,19H,1,5-6,13H2,2H3/t19-,21+/m0/s1. The Balaban J connectivity index is 1.86. The fraction of sp³-hybridized carbons (Fsp3) is 0.286. The minimum absolute atomic E-state index is 0.263. The van der Waals surface area contributed by atoms with Crippen LogP contribution in [-0.2, 0) is 14.3 Å². The third kappa shape index (κ3) is 1.94. The van der Waals surface area contributed by atoms with E-state index < -0.39 is 5.41 Å². The molecule has 4 rings (SSSR count). The van der Waals surface area contributed by atoms with Crippen molar-refractivity contribution in [2.75, 3.05) is 7.11 Å². The fourth-order valence-electron chi connectivity index (χ4n) is 4.03. The van der Waals surface area contributed by atoms with E-state index in [0.717, 1.165) is 34.8 Å².